The standard InChI is InChI=1S/C10H16O3/c1-13-10(12)8-4-6-2-3-7(5-8)9(6)11/h6-9,11H,2-5H2,1H3/t6-,7-,8?,9?/m1/s1. The number of esters is 1. The summed E-state index contributed by atoms with van der Waals surface area (Å²) in [7, 11) is 1.44. The van der Waals surface area contributed by atoms with Gasteiger partial charge in [0.1, 0.15) is 0 Å². The van der Waals surface area contributed by atoms with E-state index >= 15 is 0 Å². The molecule has 0 heterocycles. The topological polar surface area (TPSA) is 46.5 Å². The average molecular weight is 184 g/mol. The van der Waals surface area contributed by atoms with E-state index in [4.69, 9.17) is 4.74 Å². The highest BCUT2D eigenvalue weighted by Crippen LogP contribution is 2.45. The number of ether oxygens (including phenoxy) is 1. The lowest BCUT2D eigenvalue weighted by Gasteiger charge is -2.30. The van der Waals surface area contributed by atoms with E-state index < -0.39 is 0 Å². The molecule has 0 aliphatic heterocycles. The quantitative estimate of drug-likeness (QED) is 0.617. The third-order valence-electron chi connectivity index (χ3n) is 3.58. The molecule has 0 aromatic carbocycles. The van der Waals surface area contributed by atoms with E-state index in [1.54, 1.807) is 0 Å². The van der Waals surface area contributed by atoms with Gasteiger partial charge in [-0.15, -0.1) is 0 Å². The maximum absolute atomic E-state index is 11.3. The van der Waals surface area contributed by atoms with E-state index in [0.29, 0.717) is 11.8 Å². The molecule has 2 aliphatic rings. The van der Waals surface area contributed by atoms with Crippen LogP contribution in [0.3, 0.4) is 0 Å². The Hall–Kier alpha value is -0.570. The molecular formula is C10H16O3. The van der Waals surface area contributed by atoms with Gasteiger partial charge in [-0.1, -0.05) is 0 Å². The van der Waals surface area contributed by atoms with Gasteiger partial charge in [0.05, 0.1) is 19.1 Å². The number of aliphatic hydroxyl groups is 1. The normalized spacial score (nSPS) is 43.2. The molecule has 0 spiro atoms. The zero-order valence-corrected chi connectivity index (χ0v) is 7.90. The summed E-state index contributed by atoms with van der Waals surface area (Å²) in [6, 6.07) is 0. The lowest BCUT2D eigenvalue weighted by molar-refractivity contribution is -0.148. The fourth-order valence-corrected chi connectivity index (χ4v) is 2.86. The molecule has 0 aromatic rings. The smallest absolute Gasteiger partial charge is 0.308 e. The summed E-state index contributed by atoms with van der Waals surface area (Å²) in [4.78, 5) is 11.3. The van der Waals surface area contributed by atoms with Crippen molar-refractivity contribution in [2.24, 2.45) is 17.8 Å². The van der Waals surface area contributed by atoms with Crippen molar-refractivity contribution in [2.75, 3.05) is 7.11 Å². The van der Waals surface area contributed by atoms with E-state index in [0.717, 1.165) is 25.7 Å². The Morgan fingerprint density at radius 3 is 2.31 bits per heavy atom. The van der Waals surface area contributed by atoms with Crippen LogP contribution in [-0.4, -0.2) is 24.3 Å². The minimum Gasteiger partial charge on any atom is -0.469 e. The van der Waals surface area contributed by atoms with Crippen molar-refractivity contribution in [3.8, 4) is 0 Å². The van der Waals surface area contributed by atoms with Crippen LogP contribution in [0.4, 0.5) is 0 Å². The van der Waals surface area contributed by atoms with Crippen molar-refractivity contribution in [1.82, 2.24) is 0 Å². The molecule has 2 atom stereocenters. The molecule has 0 unspecified atom stereocenters. The van der Waals surface area contributed by atoms with Gasteiger partial charge < -0.3 is 9.84 Å². The molecule has 2 aliphatic carbocycles. The number of aliphatic hydroxyl groups excluding tert-OH is 1. The van der Waals surface area contributed by atoms with Crippen LogP contribution in [-0.2, 0) is 9.53 Å². The molecule has 2 fully saturated rings. The zero-order valence-electron chi connectivity index (χ0n) is 7.90. The first-order valence-corrected chi connectivity index (χ1v) is 4.98. The highest BCUT2D eigenvalue weighted by Gasteiger charge is 2.43. The third kappa shape index (κ3) is 1.46. The Labute approximate surface area is 78.1 Å². The van der Waals surface area contributed by atoms with Crippen LogP contribution in [0, 0.1) is 17.8 Å². The minimum absolute atomic E-state index is 0.0471. The van der Waals surface area contributed by atoms with Gasteiger partial charge in [0, 0.05) is 0 Å². The molecule has 13 heavy (non-hydrogen) atoms. The van der Waals surface area contributed by atoms with Gasteiger partial charge in [0.25, 0.3) is 0 Å². The van der Waals surface area contributed by atoms with Crippen molar-refractivity contribution >= 4 is 5.97 Å². The second-order valence-corrected chi connectivity index (χ2v) is 4.28. The van der Waals surface area contributed by atoms with Gasteiger partial charge in [0.2, 0.25) is 0 Å². The lowest BCUT2D eigenvalue weighted by Crippen LogP contribution is -2.34. The summed E-state index contributed by atoms with van der Waals surface area (Å²) in [6.45, 7) is 0. The maximum Gasteiger partial charge on any atom is 0.308 e. The Balaban J connectivity index is 2.02. The molecule has 2 rings (SSSR count). The van der Waals surface area contributed by atoms with Gasteiger partial charge in [0.15, 0.2) is 0 Å². The molecule has 0 aromatic heterocycles. The predicted octanol–water partition coefficient (Wildman–Crippen LogP) is 0.956. The second-order valence-electron chi connectivity index (χ2n) is 4.28. The molecule has 2 saturated carbocycles. The van der Waals surface area contributed by atoms with Crippen LogP contribution >= 0.6 is 0 Å². The minimum atomic E-state index is -0.152. The molecule has 0 radical (unpaired) electrons. The Bertz CT molecular complexity index is 200. The summed E-state index contributed by atoms with van der Waals surface area (Å²) < 4.78 is 4.73. The van der Waals surface area contributed by atoms with Crippen LogP contribution in [0.1, 0.15) is 25.7 Å². The molecular weight excluding hydrogens is 168 g/mol. The first-order valence-electron chi connectivity index (χ1n) is 4.98. The summed E-state index contributed by atoms with van der Waals surface area (Å²) in [5, 5.41) is 9.73. The summed E-state index contributed by atoms with van der Waals surface area (Å²) in [5.74, 6) is 0.653. The Morgan fingerprint density at radius 1 is 1.31 bits per heavy atom. The van der Waals surface area contributed by atoms with Crippen LogP contribution in [0.15, 0.2) is 0 Å². The van der Waals surface area contributed by atoms with E-state index in [2.05, 4.69) is 0 Å². The number of fused-ring (bicyclic) bond motifs is 2. The molecule has 74 valence electrons. The molecule has 2 bridgehead atoms. The SMILES string of the molecule is COC(=O)C1C[C@H]2CC[C@H](C1)C2O. The summed E-state index contributed by atoms with van der Waals surface area (Å²) >= 11 is 0. The van der Waals surface area contributed by atoms with E-state index in [1.165, 1.54) is 7.11 Å². The number of carbonyl (C=O) groups is 1. The summed E-state index contributed by atoms with van der Waals surface area (Å²) in [5.41, 5.74) is 0. The molecule has 3 heteroatoms. The van der Waals surface area contributed by atoms with Gasteiger partial charge >= 0.3 is 5.97 Å². The fraction of sp³-hybridized carbons (Fsp3) is 0.900. The third-order valence-corrected chi connectivity index (χ3v) is 3.58. The first-order chi connectivity index (χ1) is 6.22. The average Bonchev–Trinajstić information content (AvgIpc) is 2.42. The molecule has 0 amide bonds. The van der Waals surface area contributed by atoms with Crippen LogP contribution in [0.2, 0.25) is 0 Å². The van der Waals surface area contributed by atoms with Crippen LogP contribution in [0.5, 0.6) is 0 Å². The van der Waals surface area contributed by atoms with Crippen molar-refractivity contribution < 1.29 is 14.6 Å². The molecule has 3 nitrogen and oxygen atoms in total. The predicted molar refractivity (Wildman–Crippen MR) is 47.0 cm³/mol. The largest absolute Gasteiger partial charge is 0.469 e. The Kier molecular flexibility index (Phi) is 2.28. The van der Waals surface area contributed by atoms with Crippen molar-refractivity contribution in [3.05, 3.63) is 0 Å². The number of carbonyl (C=O) groups excluding carboxylic acids is 1. The number of rotatable bonds is 1. The van der Waals surface area contributed by atoms with E-state index in [-0.39, 0.29) is 18.0 Å². The van der Waals surface area contributed by atoms with Gasteiger partial charge in [-0.3, -0.25) is 4.79 Å². The van der Waals surface area contributed by atoms with E-state index in [9.17, 15) is 9.90 Å². The maximum atomic E-state index is 11.3. The lowest BCUT2D eigenvalue weighted by atomic mass is 9.79. The first kappa shape index (κ1) is 9.00. The number of hydrogen-bond donors (Lipinski definition) is 1. The van der Waals surface area contributed by atoms with Crippen molar-refractivity contribution in [3.63, 3.8) is 0 Å². The van der Waals surface area contributed by atoms with Crippen molar-refractivity contribution in [1.29, 1.82) is 0 Å². The van der Waals surface area contributed by atoms with Crippen LogP contribution < -0.4 is 0 Å². The molecule has 1 N–H and O–H groups in total. The van der Waals surface area contributed by atoms with E-state index in [1.807, 2.05) is 0 Å². The monoisotopic (exact) mass is 184 g/mol. The Morgan fingerprint density at radius 2 is 1.85 bits per heavy atom. The zero-order chi connectivity index (χ0) is 9.42. The number of hydrogen-bond acceptors (Lipinski definition) is 3. The fourth-order valence-electron chi connectivity index (χ4n) is 2.86. The second kappa shape index (κ2) is 3.29. The highest BCUT2D eigenvalue weighted by molar-refractivity contribution is 5.72. The highest BCUT2D eigenvalue weighted by atomic mass is 16.5. The summed E-state index contributed by atoms with van der Waals surface area (Å²) in [6.07, 6.45) is 3.66. The van der Waals surface area contributed by atoms with Crippen LogP contribution in [0.25, 0.3) is 0 Å². The van der Waals surface area contributed by atoms with Gasteiger partial charge in [-0.2, -0.15) is 0 Å². The van der Waals surface area contributed by atoms with Crippen molar-refractivity contribution in [2.45, 2.75) is 31.8 Å². The number of methoxy groups -OCH3 is 1. The van der Waals surface area contributed by atoms with Gasteiger partial charge in [-0.25, -0.2) is 0 Å². The molecule has 0 saturated heterocycles. The van der Waals surface area contributed by atoms with Gasteiger partial charge in [-0.05, 0) is 37.5 Å².